The lowest BCUT2D eigenvalue weighted by Gasteiger charge is -2.42. The number of amides is 1. The summed E-state index contributed by atoms with van der Waals surface area (Å²) in [6, 6.07) is 0.328. The van der Waals surface area contributed by atoms with E-state index in [1.807, 2.05) is 4.90 Å². The monoisotopic (exact) mass is 364 g/mol. The molecule has 0 aromatic heterocycles. The van der Waals surface area contributed by atoms with Gasteiger partial charge >= 0.3 is 6.09 Å². The molecule has 148 valence electrons. The van der Waals surface area contributed by atoms with E-state index >= 15 is 0 Å². The minimum Gasteiger partial charge on any atom is -0.445 e. The highest BCUT2D eigenvalue weighted by Crippen LogP contribution is 2.40. The molecule has 26 heavy (non-hydrogen) atoms. The summed E-state index contributed by atoms with van der Waals surface area (Å²) in [6.45, 7) is 9.68. The van der Waals surface area contributed by atoms with Gasteiger partial charge in [0.25, 0.3) is 0 Å². The van der Waals surface area contributed by atoms with E-state index in [0.29, 0.717) is 18.1 Å². The van der Waals surface area contributed by atoms with Crippen molar-refractivity contribution in [1.29, 1.82) is 0 Å². The second-order valence-electron chi connectivity index (χ2n) is 8.59. The van der Waals surface area contributed by atoms with Gasteiger partial charge < -0.3 is 19.7 Å². The van der Waals surface area contributed by atoms with Crippen molar-refractivity contribution in [2.75, 3.05) is 32.8 Å². The lowest BCUT2D eigenvalue weighted by atomic mass is 9.79. The number of carbonyl (C=O) groups is 1. The smallest absolute Gasteiger partial charge is 0.410 e. The van der Waals surface area contributed by atoms with E-state index in [0.717, 1.165) is 45.5 Å². The van der Waals surface area contributed by atoms with Crippen LogP contribution >= 0.6 is 0 Å². The van der Waals surface area contributed by atoms with Crippen LogP contribution in [0.25, 0.3) is 0 Å². The van der Waals surface area contributed by atoms with Crippen molar-refractivity contribution in [2.24, 2.45) is 11.3 Å². The third-order valence-corrected chi connectivity index (χ3v) is 6.37. The number of piperidine rings is 1. The first-order chi connectivity index (χ1) is 12.6. The molecule has 1 heterocycles. The van der Waals surface area contributed by atoms with Crippen LogP contribution in [0.5, 0.6) is 0 Å². The minimum atomic E-state index is -0.185. The average molecular weight is 365 g/mol. The Hall–Kier alpha value is -1.07. The number of hydrogen-bond donors (Lipinski definition) is 1. The average Bonchev–Trinajstić information content (AvgIpc) is 3.40. The molecule has 0 aromatic rings. The minimum absolute atomic E-state index is 0.0538. The van der Waals surface area contributed by atoms with Gasteiger partial charge in [0.05, 0.1) is 12.7 Å². The van der Waals surface area contributed by atoms with Gasteiger partial charge in [-0.1, -0.05) is 38.8 Å². The Balaban J connectivity index is 1.64. The fraction of sp³-hybridized carbons (Fsp3) is 0.857. The molecule has 5 heteroatoms. The Morgan fingerprint density at radius 2 is 1.96 bits per heavy atom. The van der Waals surface area contributed by atoms with Crippen LogP contribution in [0.3, 0.4) is 0 Å². The first-order valence-electron chi connectivity index (χ1n) is 10.5. The van der Waals surface area contributed by atoms with Crippen LogP contribution in [0, 0.1) is 11.3 Å². The highest BCUT2D eigenvalue weighted by atomic mass is 16.6. The Morgan fingerprint density at radius 1 is 1.27 bits per heavy atom. The molecule has 0 spiro atoms. The van der Waals surface area contributed by atoms with Crippen molar-refractivity contribution in [2.45, 2.75) is 70.4 Å². The summed E-state index contributed by atoms with van der Waals surface area (Å²) >= 11 is 0. The van der Waals surface area contributed by atoms with Crippen molar-refractivity contribution >= 4 is 6.09 Å². The molecule has 0 unspecified atom stereocenters. The quantitative estimate of drug-likeness (QED) is 0.667. The van der Waals surface area contributed by atoms with Crippen LogP contribution in [0.2, 0.25) is 0 Å². The maximum absolute atomic E-state index is 12.7. The molecule has 1 aliphatic heterocycles. The van der Waals surface area contributed by atoms with Crippen LogP contribution in [-0.2, 0) is 9.47 Å². The van der Waals surface area contributed by atoms with Gasteiger partial charge in [-0.25, -0.2) is 4.79 Å². The van der Waals surface area contributed by atoms with E-state index in [1.165, 1.54) is 32.1 Å². The Bertz CT molecular complexity index is 470. The predicted octanol–water partition coefficient (Wildman–Crippen LogP) is 3.74. The summed E-state index contributed by atoms with van der Waals surface area (Å²) in [7, 11) is 0. The van der Waals surface area contributed by atoms with Gasteiger partial charge in [0.1, 0.15) is 6.61 Å². The highest BCUT2D eigenvalue weighted by molar-refractivity contribution is 5.68. The first kappa shape index (κ1) is 19.7. The summed E-state index contributed by atoms with van der Waals surface area (Å²) in [5.41, 5.74) is 0.0538. The molecular formula is C21H36N2O3. The number of nitrogens with one attached hydrogen (secondary N) is 1. The summed E-state index contributed by atoms with van der Waals surface area (Å²) in [4.78, 5) is 14.6. The van der Waals surface area contributed by atoms with Crippen molar-refractivity contribution in [1.82, 2.24) is 10.2 Å². The standard InChI is InChI=1S/C21H36N2O3/c1-3-13-25-20(24)23(19-14-17(19)2)15-21(9-11-22-12-10-21)16-26-18-7-5-4-6-8-18/h3,17-19,22H,1,4-16H2,2H3/t17-,19-/m1/s1. The Labute approximate surface area is 158 Å². The predicted molar refractivity (Wildman–Crippen MR) is 103 cm³/mol. The van der Waals surface area contributed by atoms with Crippen LogP contribution in [0.15, 0.2) is 12.7 Å². The largest absolute Gasteiger partial charge is 0.445 e. The van der Waals surface area contributed by atoms with Gasteiger partial charge in [-0.3, -0.25) is 0 Å². The van der Waals surface area contributed by atoms with E-state index in [1.54, 1.807) is 6.08 Å². The molecule has 2 saturated carbocycles. The molecule has 5 nitrogen and oxygen atoms in total. The fourth-order valence-corrected chi connectivity index (χ4v) is 4.46. The van der Waals surface area contributed by atoms with Crippen LogP contribution in [-0.4, -0.2) is 56.0 Å². The maximum Gasteiger partial charge on any atom is 0.410 e. The number of rotatable bonds is 8. The Kier molecular flexibility index (Phi) is 6.98. The molecule has 0 bridgehead atoms. The zero-order valence-corrected chi connectivity index (χ0v) is 16.4. The van der Waals surface area contributed by atoms with Crippen LogP contribution < -0.4 is 5.32 Å². The molecule has 3 aliphatic rings. The lowest BCUT2D eigenvalue weighted by molar-refractivity contribution is -0.0484. The van der Waals surface area contributed by atoms with E-state index in [9.17, 15) is 4.79 Å². The SMILES string of the molecule is C=CCOC(=O)N(CC1(COC2CCCCC2)CCNCC1)[C@@H]1C[C@H]1C. The van der Waals surface area contributed by atoms with Gasteiger partial charge in [0, 0.05) is 18.0 Å². The zero-order valence-electron chi connectivity index (χ0n) is 16.4. The van der Waals surface area contributed by atoms with Crippen molar-refractivity contribution < 1.29 is 14.3 Å². The van der Waals surface area contributed by atoms with Crippen molar-refractivity contribution in [3.8, 4) is 0 Å². The molecule has 3 rings (SSSR count). The maximum atomic E-state index is 12.7. The zero-order chi connectivity index (χ0) is 18.4. The third kappa shape index (κ3) is 5.23. The van der Waals surface area contributed by atoms with Crippen LogP contribution in [0.1, 0.15) is 58.3 Å². The van der Waals surface area contributed by atoms with Gasteiger partial charge in [-0.05, 0) is 51.1 Å². The van der Waals surface area contributed by atoms with Gasteiger partial charge in [-0.2, -0.15) is 0 Å². The Morgan fingerprint density at radius 3 is 2.58 bits per heavy atom. The normalized spacial score (nSPS) is 28.3. The van der Waals surface area contributed by atoms with Crippen LogP contribution in [0.4, 0.5) is 4.79 Å². The summed E-state index contributed by atoms with van der Waals surface area (Å²) in [5.74, 6) is 0.573. The van der Waals surface area contributed by atoms with Crippen molar-refractivity contribution in [3.63, 3.8) is 0 Å². The lowest BCUT2D eigenvalue weighted by Crippen LogP contribution is -2.50. The first-order valence-corrected chi connectivity index (χ1v) is 10.5. The molecule has 0 radical (unpaired) electrons. The van der Waals surface area contributed by atoms with E-state index in [-0.39, 0.29) is 18.1 Å². The molecule has 0 aromatic carbocycles. The van der Waals surface area contributed by atoms with Crippen molar-refractivity contribution in [3.05, 3.63) is 12.7 Å². The third-order valence-electron chi connectivity index (χ3n) is 6.37. The van der Waals surface area contributed by atoms with E-state index in [4.69, 9.17) is 9.47 Å². The topological polar surface area (TPSA) is 50.8 Å². The second-order valence-corrected chi connectivity index (χ2v) is 8.59. The molecule has 2 atom stereocenters. The van der Waals surface area contributed by atoms with Gasteiger partial charge in [-0.15, -0.1) is 0 Å². The van der Waals surface area contributed by atoms with Gasteiger partial charge in [0.2, 0.25) is 0 Å². The van der Waals surface area contributed by atoms with E-state index < -0.39 is 0 Å². The molecule has 2 aliphatic carbocycles. The van der Waals surface area contributed by atoms with Gasteiger partial charge in [0.15, 0.2) is 0 Å². The molecular weight excluding hydrogens is 328 g/mol. The highest BCUT2D eigenvalue weighted by Gasteiger charge is 2.45. The molecule has 3 fully saturated rings. The molecule has 1 N–H and O–H groups in total. The summed E-state index contributed by atoms with van der Waals surface area (Å²) < 4.78 is 11.8. The summed E-state index contributed by atoms with van der Waals surface area (Å²) in [5, 5.41) is 3.46. The molecule has 1 saturated heterocycles. The number of ether oxygens (including phenoxy) is 2. The number of nitrogens with zero attached hydrogens (tertiary/aromatic N) is 1. The van der Waals surface area contributed by atoms with E-state index in [2.05, 4.69) is 18.8 Å². The fourth-order valence-electron chi connectivity index (χ4n) is 4.46. The summed E-state index contributed by atoms with van der Waals surface area (Å²) in [6.07, 6.45) is 11.4. The number of carbonyl (C=O) groups excluding carboxylic acids is 1. The number of hydrogen-bond acceptors (Lipinski definition) is 4. The molecule has 1 amide bonds. The second kappa shape index (κ2) is 9.23.